The fourth-order valence-corrected chi connectivity index (χ4v) is 2.86. The van der Waals surface area contributed by atoms with Gasteiger partial charge in [0.05, 0.1) is 12.2 Å². The van der Waals surface area contributed by atoms with Gasteiger partial charge in [-0.25, -0.2) is 0 Å². The van der Waals surface area contributed by atoms with E-state index in [2.05, 4.69) is 36.8 Å². The number of nitrogens with zero attached hydrogens (tertiary/aromatic N) is 2. The molecule has 0 fully saturated rings. The molecule has 0 radical (unpaired) electrons. The Labute approximate surface area is 98.8 Å². The molecule has 16 heavy (non-hydrogen) atoms. The number of pyridine rings is 1. The van der Waals surface area contributed by atoms with Gasteiger partial charge in [0.25, 0.3) is 0 Å². The molecule has 86 valence electrons. The molecule has 2 nitrogen and oxygen atoms in total. The maximum Gasteiger partial charge on any atom is 0.0810 e. The fraction of sp³-hybridized carbons (Fsp3) is 0.538. The minimum Gasteiger partial charge on any atom is -0.291 e. The SMILES string of the molecule is C[Si](C)(C)CCc1ccc2c(n1)CN=CC2. The molecule has 0 atom stereocenters. The lowest BCUT2D eigenvalue weighted by Gasteiger charge is -2.16. The van der Waals surface area contributed by atoms with Crippen LogP contribution < -0.4 is 0 Å². The predicted octanol–water partition coefficient (Wildman–Crippen LogP) is 3.09. The van der Waals surface area contributed by atoms with Gasteiger partial charge in [-0.1, -0.05) is 31.8 Å². The van der Waals surface area contributed by atoms with Crippen LogP contribution in [-0.4, -0.2) is 19.3 Å². The molecule has 0 bridgehead atoms. The van der Waals surface area contributed by atoms with Crippen molar-refractivity contribution in [2.75, 3.05) is 0 Å². The van der Waals surface area contributed by atoms with E-state index in [-0.39, 0.29) is 0 Å². The maximum absolute atomic E-state index is 4.72. The minimum absolute atomic E-state index is 0.774. The minimum atomic E-state index is -0.945. The van der Waals surface area contributed by atoms with Crippen molar-refractivity contribution in [2.45, 2.75) is 45.1 Å². The van der Waals surface area contributed by atoms with Crippen LogP contribution in [0.3, 0.4) is 0 Å². The van der Waals surface area contributed by atoms with Gasteiger partial charge in [0, 0.05) is 26.4 Å². The zero-order valence-electron chi connectivity index (χ0n) is 10.5. The molecule has 0 N–H and O–H groups in total. The molecule has 0 aliphatic carbocycles. The molecule has 0 unspecified atom stereocenters. The van der Waals surface area contributed by atoms with E-state index in [0.717, 1.165) is 19.4 Å². The number of aromatic nitrogens is 1. The number of fused-ring (bicyclic) bond motifs is 1. The van der Waals surface area contributed by atoms with Crippen LogP contribution in [-0.2, 0) is 19.4 Å². The zero-order chi connectivity index (χ0) is 11.6. The van der Waals surface area contributed by atoms with Crippen molar-refractivity contribution < 1.29 is 0 Å². The van der Waals surface area contributed by atoms with E-state index >= 15 is 0 Å². The number of aliphatic imine (C=N–C) groups is 1. The lowest BCUT2D eigenvalue weighted by atomic mass is 10.1. The van der Waals surface area contributed by atoms with Crippen LogP contribution >= 0.6 is 0 Å². The van der Waals surface area contributed by atoms with Gasteiger partial charge in [0.2, 0.25) is 0 Å². The molecule has 1 aromatic rings. The smallest absolute Gasteiger partial charge is 0.0810 e. The molecule has 0 saturated carbocycles. The van der Waals surface area contributed by atoms with Crippen molar-refractivity contribution in [2.24, 2.45) is 4.99 Å². The number of hydrogen-bond donors (Lipinski definition) is 0. The quantitative estimate of drug-likeness (QED) is 0.735. The summed E-state index contributed by atoms with van der Waals surface area (Å²) in [4.78, 5) is 9.01. The second-order valence-corrected chi connectivity index (χ2v) is 11.3. The van der Waals surface area contributed by atoms with Gasteiger partial charge in [-0.15, -0.1) is 0 Å². The van der Waals surface area contributed by atoms with Crippen molar-refractivity contribution in [3.05, 3.63) is 29.1 Å². The maximum atomic E-state index is 4.72. The lowest BCUT2D eigenvalue weighted by Crippen LogP contribution is -2.20. The molecular formula is C13H20N2Si. The summed E-state index contributed by atoms with van der Waals surface area (Å²) >= 11 is 0. The van der Waals surface area contributed by atoms with Crippen LogP contribution in [0.1, 0.15) is 17.0 Å². The van der Waals surface area contributed by atoms with E-state index < -0.39 is 8.07 Å². The van der Waals surface area contributed by atoms with Crippen molar-refractivity contribution in [3.8, 4) is 0 Å². The molecule has 0 saturated heterocycles. The first kappa shape index (κ1) is 11.5. The molecule has 2 heterocycles. The summed E-state index contributed by atoms with van der Waals surface area (Å²) in [5.74, 6) is 0. The summed E-state index contributed by atoms with van der Waals surface area (Å²) in [6.45, 7) is 8.01. The third-order valence-corrected chi connectivity index (χ3v) is 4.69. The summed E-state index contributed by atoms with van der Waals surface area (Å²) in [5.41, 5.74) is 3.79. The first-order chi connectivity index (χ1) is 7.54. The molecule has 1 aliphatic heterocycles. The Morgan fingerprint density at radius 1 is 1.25 bits per heavy atom. The Morgan fingerprint density at radius 3 is 2.81 bits per heavy atom. The van der Waals surface area contributed by atoms with Gasteiger partial charge in [-0.05, 0) is 18.1 Å². The Hall–Kier alpha value is -0.963. The lowest BCUT2D eigenvalue weighted by molar-refractivity contribution is 0.889. The monoisotopic (exact) mass is 232 g/mol. The van der Waals surface area contributed by atoms with Gasteiger partial charge < -0.3 is 0 Å². The highest BCUT2D eigenvalue weighted by molar-refractivity contribution is 6.76. The summed E-state index contributed by atoms with van der Waals surface area (Å²) in [5, 5.41) is 0. The van der Waals surface area contributed by atoms with E-state index in [1.807, 2.05) is 6.21 Å². The molecule has 3 heteroatoms. The third kappa shape index (κ3) is 3.01. The highest BCUT2D eigenvalue weighted by atomic mass is 28.3. The van der Waals surface area contributed by atoms with Gasteiger partial charge >= 0.3 is 0 Å². The van der Waals surface area contributed by atoms with Crippen LogP contribution in [0.15, 0.2) is 17.1 Å². The van der Waals surface area contributed by atoms with Crippen molar-refractivity contribution >= 4 is 14.3 Å². The molecular weight excluding hydrogens is 212 g/mol. The van der Waals surface area contributed by atoms with Gasteiger partial charge in [0.1, 0.15) is 0 Å². The Kier molecular flexibility index (Phi) is 3.24. The summed E-state index contributed by atoms with van der Waals surface area (Å²) in [6, 6.07) is 5.74. The Bertz CT molecular complexity index is 405. The largest absolute Gasteiger partial charge is 0.291 e. The van der Waals surface area contributed by atoms with Crippen molar-refractivity contribution in [1.29, 1.82) is 0 Å². The molecule has 0 spiro atoms. The van der Waals surface area contributed by atoms with Crippen LogP contribution in [0.2, 0.25) is 25.7 Å². The van der Waals surface area contributed by atoms with Crippen molar-refractivity contribution in [1.82, 2.24) is 4.98 Å². The van der Waals surface area contributed by atoms with Crippen LogP contribution in [0.25, 0.3) is 0 Å². The molecule has 2 rings (SSSR count). The van der Waals surface area contributed by atoms with Gasteiger partial charge in [-0.2, -0.15) is 0 Å². The number of hydrogen-bond acceptors (Lipinski definition) is 2. The van der Waals surface area contributed by atoms with Gasteiger partial charge in [-0.3, -0.25) is 9.98 Å². The average molecular weight is 232 g/mol. The number of aryl methyl sites for hydroxylation is 1. The summed E-state index contributed by atoms with van der Waals surface area (Å²) < 4.78 is 0. The first-order valence-electron chi connectivity index (χ1n) is 6.00. The fourth-order valence-electron chi connectivity index (χ4n) is 1.85. The van der Waals surface area contributed by atoms with Crippen LogP contribution in [0, 0.1) is 0 Å². The normalized spacial score (nSPS) is 14.9. The standard InChI is InChI=1S/C13H20N2Si/c1-16(2,3)9-7-12-5-4-11-6-8-14-10-13(11)15-12/h4-5,8H,6-7,9-10H2,1-3H3. The average Bonchev–Trinajstić information content (AvgIpc) is 2.25. The molecule has 1 aromatic heterocycles. The van der Waals surface area contributed by atoms with Crippen LogP contribution in [0.5, 0.6) is 0 Å². The topological polar surface area (TPSA) is 25.2 Å². The highest BCUT2D eigenvalue weighted by Gasteiger charge is 2.14. The van der Waals surface area contributed by atoms with E-state index in [1.54, 1.807) is 0 Å². The van der Waals surface area contributed by atoms with Crippen molar-refractivity contribution in [3.63, 3.8) is 0 Å². The number of rotatable bonds is 3. The Balaban J connectivity index is 2.07. The second-order valence-electron chi connectivity index (χ2n) is 5.70. The first-order valence-corrected chi connectivity index (χ1v) is 9.71. The second kappa shape index (κ2) is 4.50. The van der Waals surface area contributed by atoms with Gasteiger partial charge in [0.15, 0.2) is 0 Å². The van der Waals surface area contributed by atoms with E-state index in [0.29, 0.717) is 0 Å². The molecule has 0 aromatic carbocycles. The highest BCUT2D eigenvalue weighted by Crippen LogP contribution is 2.16. The third-order valence-electron chi connectivity index (χ3n) is 2.94. The molecule has 1 aliphatic rings. The summed E-state index contributed by atoms with van der Waals surface area (Å²) in [6.07, 6.45) is 4.08. The van der Waals surface area contributed by atoms with E-state index in [1.165, 1.54) is 23.0 Å². The zero-order valence-corrected chi connectivity index (χ0v) is 11.5. The Morgan fingerprint density at radius 2 is 2.06 bits per heavy atom. The molecule has 0 amide bonds. The van der Waals surface area contributed by atoms with E-state index in [9.17, 15) is 0 Å². The van der Waals surface area contributed by atoms with Crippen LogP contribution in [0.4, 0.5) is 0 Å². The predicted molar refractivity (Wildman–Crippen MR) is 72.0 cm³/mol. The van der Waals surface area contributed by atoms with E-state index in [4.69, 9.17) is 4.98 Å². The summed E-state index contributed by atoms with van der Waals surface area (Å²) in [7, 11) is -0.945.